The van der Waals surface area contributed by atoms with Crippen molar-refractivity contribution in [1.82, 2.24) is 15.2 Å². The molecule has 1 amide bonds. The largest absolute Gasteiger partial charge is 0.375 e. The van der Waals surface area contributed by atoms with Gasteiger partial charge in [0.2, 0.25) is 0 Å². The lowest BCUT2D eigenvalue weighted by Gasteiger charge is -2.24. The van der Waals surface area contributed by atoms with Gasteiger partial charge < -0.3 is 15.0 Å². The predicted octanol–water partition coefficient (Wildman–Crippen LogP) is 1.53. The van der Waals surface area contributed by atoms with Gasteiger partial charge in [-0.15, -0.1) is 0 Å². The number of halogens is 1. The molecule has 0 radical (unpaired) electrons. The Hall–Kier alpha value is -2.51. The Morgan fingerprint density at radius 1 is 1.35 bits per heavy atom. The summed E-state index contributed by atoms with van der Waals surface area (Å²) in [6.07, 6.45) is 1.66. The number of carbonyl (C=O) groups is 1. The van der Waals surface area contributed by atoms with E-state index in [0.29, 0.717) is 13.2 Å². The maximum absolute atomic E-state index is 13.2. The van der Waals surface area contributed by atoms with Gasteiger partial charge in [-0.05, 0) is 18.1 Å². The minimum Gasteiger partial charge on any atom is -0.375 e. The molecule has 1 saturated heterocycles. The van der Waals surface area contributed by atoms with Gasteiger partial charge in [0.15, 0.2) is 0 Å². The van der Waals surface area contributed by atoms with Crippen LogP contribution in [0.4, 0.5) is 4.39 Å². The third kappa shape index (κ3) is 5.00. The number of nitrogens with one attached hydrogen (secondary N) is 2. The summed E-state index contributed by atoms with van der Waals surface area (Å²) in [4.78, 5) is 28.3. The molecule has 1 fully saturated rings. The van der Waals surface area contributed by atoms with Gasteiger partial charge in [0, 0.05) is 39.0 Å². The third-order valence-electron chi connectivity index (χ3n) is 4.29. The van der Waals surface area contributed by atoms with E-state index in [1.165, 1.54) is 5.56 Å². The summed E-state index contributed by atoms with van der Waals surface area (Å²) in [6.45, 7) is 3.29. The SMILES string of the molecule is O=C(NCC1CN(Cc2ccccc2)CCCO1)c1cc(F)c[nH]c1=O. The van der Waals surface area contributed by atoms with Gasteiger partial charge in [-0.1, -0.05) is 30.3 Å². The molecule has 1 unspecified atom stereocenters. The van der Waals surface area contributed by atoms with E-state index in [1.807, 2.05) is 18.2 Å². The first-order valence-electron chi connectivity index (χ1n) is 8.66. The van der Waals surface area contributed by atoms with Crippen LogP contribution in [0.1, 0.15) is 22.3 Å². The highest BCUT2D eigenvalue weighted by Gasteiger charge is 2.20. The molecule has 1 aromatic carbocycles. The van der Waals surface area contributed by atoms with E-state index < -0.39 is 17.3 Å². The number of carbonyl (C=O) groups excluding carboxylic acids is 1. The zero-order chi connectivity index (χ0) is 18.4. The molecule has 138 valence electrons. The lowest BCUT2D eigenvalue weighted by molar-refractivity contribution is 0.0510. The van der Waals surface area contributed by atoms with E-state index in [2.05, 4.69) is 27.3 Å². The number of benzene rings is 1. The molecule has 2 aromatic rings. The van der Waals surface area contributed by atoms with Crippen molar-refractivity contribution in [3.63, 3.8) is 0 Å². The fraction of sp³-hybridized carbons (Fsp3) is 0.368. The van der Waals surface area contributed by atoms with E-state index in [0.717, 1.165) is 31.8 Å². The summed E-state index contributed by atoms with van der Waals surface area (Å²) in [5.41, 5.74) is 0.375. The van der Waals surface area contributed by atoms with Gasteiger partial charge in [0.1, 0.15) is 11.4 Å². The molecule has 0 saturated carbocycles. The molecule has 2 heterocycles. The molecule has 26 heavy (non-hydrogen) atoms. The molecule has 1 aromatic heterocycles. The zero-order valence-corrected chi connectivity index (χ0v) is 14.4. The highest BCUT2D eigenvalue weighted by Crippen LogP contribution is 2.10. The first kappa shape index (κ1) is 18.3. The molecule has 1 aliphatic rings. The van der Waals surface area contributed by atoms with Gasteiger partial charge in [-0.25, -0.2) is 4.39 Å². The molecule has 6 nitrogen and oxygen atoms in total. The molecular weight excluding hydrogens is 337 g/mol. The molecule has 1 aliphatic heterocycles. The van der Waals surface area contributed by atoms with Crippen LogP contribution in [0.5, 0.6) is 0 Å². The molecule has 0 bridgehead atoms. The minimum absolute atomic E-state index is 0.183. The second kappa shape index (κ2) is 8.73. The number of pyridine rings is 1. The number of aromatic amines is 1. The summed E-state index contributed by atoms with van der Waals surface area (Å²) in [6, 6.07) is 11.1. The van der Waals surface area contributed by atoms with E-state index >= 15 is 0 Å². The van der Waals surface area contributed by atoms with Crippen LogP contribution in [-0.2, 0) is 11.3 Å². The second-order valence-corrected chi connectivity index (χ2v) is 6.34. The topological polar surface area (TPSA) is 74.4 Å². The molecule has 3 rings (SSSR count). The van der Waals surface area contributed by atoms with Gasteiger partial charge in [-0.2, -0.15) is 0 Å². The van der Waals surface area contributed by atoms with E-state index in [4.69, 9.17) is 4.74 Å². The van der Waals surface area contributed by atoms with E-state index in [1.54, 1.807) is 0 Å². The quantitative estimate of drug-likeness (QED) is 0.849. The van der Waals surface area contributed by atoms with Crippen molar-refractivity contribution in [3.05, 3.63) is 69.9 Å². The van der Waals surface area contributed by atoms with Crippen LogP contribution in [0, 0.1) is 5.82 Å². The molecular formula is C19H22FN3O3. The Kier molecular flexibility index (Phi) is 6.14. The summed E-state index contributed by atoms with van der Waals surface area (Å²) in [5, 5.41) is 2.67. The first-order valence-corrected chi connectivity index (χ1v) is 8.66. The van der Waals surface area contributed by atoms with Crippen molar-refractivity contribution in [2.45, 2.75) is 19.1 Å². The Bertz CT molecular complexity index is 794. The fourth-order valence-electron chi connectivity index (χ4n) is 3.01. The van der Waals surface area contributed by atoms with Crippen LogP contribution in [0.15, 0.2) is 47.4 Å². The molecule has 0 spiro atoms. The molecule has 7 heteroatoms. The zero-order valence-electron chi connectivity index (χ0n) is 14.4. The monoisotopic (exact) mass is 359 g/mol. The maximum Gasteiger partial charge on any atom is 0.260 e. The van der Waals surface area contributed by atoms with Crippen molar-refractivity contribution in [2.75, 3.05) is 26.2 Å². The van der Waals surface area contributed by atoms with Gasteiger partial charge in [0.25, 0.3) is 11.5 Å². The van der Waals surface area contributed by atoms with Crippen LogP contribution in [0.3, 0.4) is 0 Å². The van der Waals surface area contributed by atoms with Crippen LogP contribution in [0.25, 0.3) is 0 Å². The standard InChI is InChI=1S/C19H22FN3O3/c20-15-9-17(18(24)21-10-15)19(25)22-11-16-13-23(7-4-8-26-16)12-14-5-2-1-3-6-14/h1-3,5-6,9-10,16H,4,7-8,11-13H2,(H,21,24)(H,22,25). The lowest BCUT2D eigenvalue weighted by Crippen LogP contribution is -2.41. The number of hydrogen-bond acceptors (Lipinski definition) is 4. The highest BCUT2D eigenvalue weighted by molar-refractivity contribution is 5.93. The fourth-order valence-corrected chi connectivity index (χ4v) is 3.01. The van der Waals surface area contributed by atoms with Crippen LogP contribution in [0.2, 0.25) is 0 Å². The summed E-state index contributed by atoms with van der Waals surface area (Å²) in [7, 11) is 0. The Morgan fingerprint density at radius 2 is 2.15 bits per heavy atom. The third-order valence-corrected chi connectivity index (χ3v) is 4.29. The Balaban J connectivity index is 1.57. The first-order chi connectivity index (χ1) is 12.6. The molecule has 1 atom stereocenters. The highest BCUT2D eigenvalue weighted by atomic mass is 19.1. The molecule has 2 N–H and O–H groups in total. The van der Waals surface area contributed by atoms with Crippen molar-refractivity contribution < 1.29 is 13.9 Å². The molecule has 0 aliphatic carbocycles. The predicted molar refractivity (Wildman–Crippen MR) is 95.4 cm³/mol. The number of H-pyrrole nitrogens is 1. The smallest absolute Gasteiger partial charge is 0.260 e. The number of aromatic nitrogens is 1. The van der Waals surface area contributed by atoms with Crippen LogP contribution in [-0.4, -0.2) is 48.1 Å². The van der Waals surface area contributed by atoms with Crippen LogP contribution < -0.4 is 10.9 Å². The second-order valence-electron chi connectivity index (χ2n) is 6.34. The number of amides is 1. The van der Waals surface area contributed by atoms with Gasteiger partial charge >= 0.3 is 0 Å². The van der Waals surface area contributed by atoms with Crippen LogP contribution >= 0.6 is 0 Å². The number of nitrogens with zero attached hydrogens (tertiary/aromatic N) is 1. The van der Waals surface area contributed by atoms with Crippen molar-refractivity contribution in [3.8, 4) is 0 Å². The maximum atomic E-state index is 13.2. The van der Waals surface area contributed by atoms with Crippen molar-refractivity contribution in [1.29, 1.82) is 0 Å². The Labute approximate surface area is 151 Å². The van der Waals surface area contributed by atoms with E-state index in [9.17, 15) is 14.0 Å². The summed E-state index contributed by atoms with van der Waals surface area (Å²) >= 11 is 0. The van der Waals surface area contributed by atoms with E-state index in [-0.39, 0.29) is 18.2 Å². The summed E-state index contributed by atoms with van der Waals surface area (Å²) < 4.78 is 19.0. The van der Waals surface area contributed by atoms with Gasteiger partial charge in [-0.3, -0.25) is 14.5 Å². The lowest BCUT2D eigenvalue weighted by atomic mass is 10.2. The number of ether oxygens (including phenoxy) is 1. The number of hydrogen-bond donors (Lipinski definition) is 2. The number of rotatable bonds is 5. The normalized spacial score (nSPS) is 18.3. The summed E-state index contributed by atoms with van der Waals surface area (Å²) in [5.74, 6) is -1.26. The average Bonchev–Trinajstić information content (AvgIpc) is 2.87. The average molecular weight is 359 g/mol. The van der Waals surface area contributed by atoms with Crippen molar-refractivity contribution >= 4 is 5.91 Å². The van der Waals surface area contributed by atoms with Gasteiger partial charge in [0.05, 0.1) is 6.10 Å². The van der Waals surface area contributed by atoms with Crippen molar-refractivity contribution in [2.24, 2.45) is 0 Å². The Morgan fingerprint density at radius 3 is 2.96 bits per heavy atom. The minimum atomic E-state index is -0.658.